The normalized spacial score (nSPS) is 22.2. The summed E-state index contributed by atoms with van der Waals surface area (Å²) in [5.74, 6) is 0. The lowest BCUT2D eigenvalue weighted by molar-refractivity contribution is -0.138. The summed E-state index contributed by atoms with van der Waals surface area (Å²) in [5.41, 5.74) is -0.622. The van der Waals surface area contributed by atoms with Crippen LogP contribution in [0.2, 0.25) is 0 Å². The smallest absolute Gasteiger partial charge is 0.306 e. The molecule has 0 radical (unpaired) electrons. The lowest BCUT2D eigenvalue weighted by Gasteiger charge is -2.32. The van der Waals surface area contributed by atoms with Crippen LogP contribution in [0.1, 0.15) is 43.0 Å². The minimum Gasteiger partial charge on any atom is -0.306 e. The maximum atomic E-state index is 13.0. The number of nitrogens with one attached hydrogen (secondary N) is 1. The predicted octanol–water partition coefficient (Wildman–Crippen LogP) is 3.57. The molecule has 0 unspecified atom stereocenters. The van der Waals surface area contributed by atoms with Gasteiger partial charge in [0.25, 0.3) is 0 Å². The van der Waals surface area contributed by atoms with Crippen LogP contribution < -0.4 is 5.32 Å². The molecule has 0 bridgehead atoms. The number of pyridine rings is 1. The summed E-state index contributed by atoms with van der Waals surface area (Å²) >= 11 is 0. The predicted molar refractivity (Wildman–Crippen MR) is 79.6 cm³/mol. The summed E-state index contributed by atoms with van der Waals surface area (Å²) in [6.07, 6.45) is 4.76. The summed E-state index contributed by atoms with van der Waals surface area (Å²) in [6.45, 7) is 0.109. The molecule has 2 aromatic rings. The van der Waals surface area contributed by atoms with Gasteiger partial charge in [-0.05, 0) is 31.0 Å². The zero-order chi connectivity index (χ0) is 16.3. The Morgan fingerprint density at radius 3 is 2.74 bits per heavy atom. The molecule has 2 heterocycles. The minimum absolute atomic E-state index is 0.0461. The topological polar surface area (TPSA) is 42.7 Å². The molecule has 3 rings (SSSR count). The van der Waals surface area contributed by atoms with E-state index in [2.05, 4.69) is 15.4 Å². The summed E-state index contributed by atoms with van der Waals surface area (Å²) in [7, 11) is 0. The Bertz CT molecular complexity index is 625. The van der Waals surface area contributed by atoms with E-state index >= 15 is 0 Å². The van der Waals surface area contributed by atoms with E-state index in [4.69, 9.17) is 0 Å². The van der Waals surface area contributed by atoms with E-state index in [0.29, 0.717) is 0 Å². The van der Waals surface area contributed by atoms with E-state index in [1.54, 1.807) is 6.20 Å². The zero-order valence-corrected chi connectivity index (χ0v) is 12.6. The standard InChI is InChI=1S/C16H19F3N4/c17-16(18,19)12-5-3-8-20-14(12)11-21-13-6-1-2-7-15(13)23-10-4-9-22-23/h3-5,8-10,13,15,21H,1-2,6-7,11H2/t13-,15-/m1/s1. The van der Waals surface area contributed by atoms with E-state index in [9.17, 15) is 13.2 Å². The van der Waals surface area contributed by atoms with Crippen LogP contribution in [0.3, 0.4) is 0 Å². The molecule has 0 amide bonds. The van der Waals surface area contributed by atoms with Crippen molar-refractivity contribution in [3.05, 3.63) is 48.0 Å². The van der Waals surface area contributed by atoms with Crippen molar-refractivity contribution in [1.82, 2.24) is 20.1 Å². The van der Waals surface area contributed by atoms with Gasteiger partial charge in [-0.1, -0.05) is 12.8 Å². The first kappa shape index (κ1) is 16.0. The fourth-order valence-electron chi connectivity index (χ4n) is 3.21. The van der Waals surface area contributed by atoms with Crippen LogP contribution in [0.5, 0.6) is 0 Å². The van der Waals surface area contributed by atoms with Gasteiger partial charge in [0.2, 0.25) is 0 Å². The SMILES string of the molecule is FC(F)(F)c1cccnc1CN[C@@H]1CCCC[C@H]1n1cccn1. The molecule has 0 saturated heterocycles. The van der Waals surface area contributed by atoms with E-state index in [1.165, 1.54) is 12.3 Å². The molecule has 1 aliphatic rings. The first-order chi connectivity index (χ1) is 11.1. The Morgan fingerprint density at radius 1 is 1.17 bits per heavy atom. The molecule has 1 N–H and O–H groups in total. The van der Waals surface area contributed by atoms with Crippen LogP contribution in [-0.2, 0) is 12.7 Å². The van der Waals surface area contributed by atoms with Crippen molar-refractivity contribution < 1.29 is 13.2 Å². The van der Waals surface area contributed by atoms with Gasteiger partial charge in [-0.2, -0.15) is 18.3 Å². The maximum Gasteiger partial charge on any atom is 0.418 e. The van der Waals surface area contributed by atoms with Gasteiger partial charge in [0.05, 0.1) is 17.3 Å². The highest BCUT2D eigenvalue weighted by Crippen LogP contribution is 2.32. The highest BCUT2D eigenvalue weighted by atomic mass is 19.4. The third-order valence-electron chi connectivity index (χ3n) is 4.32. The first-order valence-corrected chi connectivity index (χ1v) is 7.79. The Labute approximate surface area is 132 Å². The van der Waals surface area contributed by atoms with Gasteiger partial charge >= 0.3 is 6.18 Å². The molecule has 124 valence electrons. The molecule has 23 heavy (non-hydrogen) atoms. The van der Waals surface area contributed by atoms with Crippen molar-refractivity contribution in [3.63, 3.8) is 0 Å². The largest absolute Gasteiger partial charge is 0.418 e. The molecule has 0 aromatic carbocycles. The van der Waals surface area contributed by atoms with Crippen LogP contribution >= 0.6 is 0 Å². The number of rotatable bonds is 4. The van der Waals surface area contributed by atoms with Crippen molar-refractivity contribution in [2.45, 2.75) is 50.5 Å². The number of halogens is 3. The zero-order valence-electron chi connectivity index (χ0n) is 12.6. The Morgan fingerprint density at radius 2 is 2.00 bits per heavy atom. The van der Waals surface area contributed by atoms with Crippen molar-refractivity contribution in [2.75, 3.05) is 0 Å². The van der Waals surface area contributed by atoms with Gasteiger partial charge in [-0.25, -0.2) is 0 Å². The molecule has 7 heteroatoms. The molecular formula is C16H19F3N4. The molecule has 2 aromatic heterocycles. The molecule has 2 atom stereocenters. The van der Waals surface area contributed by atoms with Gasteiger partial charge in [-0.15, -0.1) is 0 Å². The summed E-state index contributed by atoms with van der Waals surface area (Å²) < 4.78 is 41.0. The highest BCUT2D eigenvalue weighted by molar-refractivity contribution is 5.23. The summed E-state index contributed by atoms with van der Waals surface area (Å²) in [4.78, 5) is 3.91. The third-order valence-corrected chi connectivity index (χ3v) is 4.32. The summed E-state index contributed by atoms with van der Waals surface area (Å²) in [6, 6.07) is 4.55. The van der Waals surface area contributed by atoms with Crippen LogP contribution in [0.4, 0.5) is 13.2 Å². The fourth-order valence-corrected chi connectivity index (χ4v) is 3.21. The van der Waals surface area contributed by atoms with E-state index in [-0.39, 0.29) is 24.3 Å². The molecular weight excluding hydrogens is 305 g/mol. The van der Waals surface area contributed by atoms with Crippen LogP contribution in [0.15, 0.2) is 36.8 Å². The van der Waals surface area contributed by atoms with Gasteiger partial charge < -0.3 is 5.32 Å². The first-order valence-electron chi connectivity index (χ1n) is 7.79. The fraction of sp³-hybridized carbons (Fsp3) is 0.500. The molecule has 1 aliphatic carbocycles. The number of hydrogen-bond donors (Lipinski definition) is 1. The maximum absolute atomic E-state index is 13.0. The lowest BCUT2D eigenvalue weighted by atomic mass is 9.90. The third kappa shape index (κ3) is 3.72. The van der Waals surface area contributed by atoms with Crippen LogP contribution in [0.25, 0.3) is 0 Å². The quantitative estimate of drug-likeness (QED) is 0.935. The molecule has 0 spiro atoms. The molecule has 1 saturated carbocycles. The van der Waals surface area contributed by atoms with Crippen LogP contribution in [-0.4, -0.2) is 20.8 Å². The average Bonchev–Trinajstić information content (AvgIpc) is 3.07. The van der Waals surface area contributed by atoms with E-state index < -0.39 is 11.7 Å². The second-order valence-corrected chi connectivity index (χ2v) is 5.82. The van der Waals surface area contributed by atoms with Crippen molar-refractivity contribution in [2.24, 2.45) is 0 Å². The second-order valence-electron chi connectivity index (χ2n) is 5.82. The number of aromatic nitrogens is 3. The van der Waals surface area contributed by atoms with E-state index in [0.717, 1.165) is 31.7 Å². The van der Waals surface area contributed by atoms with Crippen molar-refractivity contribution in [3.8, 4) is 0 Å². The van der Waals surface area contributed by atoms with Crippen molar-refractivity contribution >= 4 is 0 Å². The molecule has 4 nitrogen and oxygen atoms in total. The van der Waals surface area contributed by atoms with Crippen LogP contribution in [0, 0.1) is 0 Å². The number of nitrogens with zero attached hydrogens (tertiary/aromatic N) is 3. The Balaban J connectivity index is 1.72. The highest BCUT2D eigenvalue weighted by Gasteiger charge is 2.34. The monoisotopic (exact) mass is 324 g/mol. The minimum atomic E-state index is -4.38. The lowest BCUT2D eigenvalue weighted by Crippen LogP contribution is -2.40. The van der Waals surface area contributed by atoms with E-state index in [1.807, 2.05) is 16.9 Å². The second kappa shape index (κ2) is 6.70. The number of alkyl halides is 3. The Hall–Kier alpha value is -1.89. The van der Waals surface area contributed by atoms with Gasteiger partial charge in [0.15, 0.2) is 0 Å². The van der Waals surface area contributed by atoms with Gasteiger partial charge in [0.1, 0.15) is 0 Å². The van der Waals surface area contributed by atoms with Gasteiger partial charge in [0, 0.05) is 31.2 Å². The summed E-state index contributed by atoms with van der Waals surface area (Å²) in [5, 5.41) is 7.55. The number of hydrogen-bond acceptors (Lipinski definition) is 3. The Kier molecular flexibility index (Phi) is 4.66. The molecule has 0 aliphatic heterocycles. The average molecular weight is 324 g/mol. The van der Waals surface area contributed by atoms with Crippen molar-refractivity contribution in [1.29, 1.82) is 0 Å². The molecule has 1 fully saturated rings. The van der Waals surface area contributed by atoms with Gasteiger partial charge in [-0.3, -0.25) is 9.67 Å².